The largest absolute Gasteiger partial charge is 0.326 e. The number of nitrogens with zero attached hydrogens (tertiary/aromatic N) is 1. The van der Waals surface area contributed by atoms with Crippen LogP contribution in [0.1, 0.15) is 23.1 Å². The molecule has 2 N–H and O–H groups in total. The molecule has 21 heavy (non-hydrogen) atoms. The Hall–Kier alpha value is -1.71. The van der Waals surface area contributed by atoms with Gasteiger partial charge in [-0.25, -0.2) is 4.39 Å². The summed E-state index contributed by atoms with van der Waals surface area (Å²) in [6.07, 6.45) is 2.12. The zero-order valence-electron chi connectivity index (χ0n) is 12.6. The number of halogens is 1. The van der Waals surface area contributed by atoms with Crippen molar-refractivity contribution in [2.45, 2.75) is 25.9 Å². The maximum absolute atomic E-state index is 13.8. The minimum Gasteiger partial charge on any atom is -0.326 e. The Labute approximate surface area is 126 Å². The lowest BCUT2D eigenvalue weighted by atomic mass is 10.1. The van der Waals surface area contributed by atoms with Gasteiger partial charge in [0.1, 0.15) is 5.82 Å². The Morgan fingerprint density at radius 3 is 2.52 bits per heavy atom. The van der Waals surface area contributed by atoms with E-state index in [1.54, 1.807) is 6.07 Å². The van der Waals surface area contributed by atoms with E-state index in [-0.39, 0.29) is 5.82 Å². The van der Waals surface area contributed by atoms with Crippen molar-refractivity contribution in [3.8, 4) is 0 Å². The standard InChI is InChI=1S/C18H23FN2/c1-21(11-5-8-15-6-3-2-4-7-15)14-17-12-16(13-20)9-10-18(17)19/h2-4,6-7,9-10,12H,5,8,11,13-14,20H2,1H3. The highest BCUT2D eigenvalue weighted by molar-refractivity contribution is 5.25. The molecule has 0 unspecified atom stereocenters. The fourth-order valence-corrected chi connectivity index (χ4v) is 2.44. The predicted molar refractivity (Wildman–Crippen MR) is 85.4 cm³/mol. The number of benzene rings is 2. The van der Waals surface area contributed by atoms with Crippen LogP contribution in [0.3, 0.4) is 0 Å². The first-order valence-electron chi connectivity index (χ1n) is 7.39. The van der Waals surface area contributed by atoms with Crippen LogP contribution < -0.4 is 5.73 Å². The van der Waals surface area contributed by atoms with Crippen LogP contribution >= 0.6 is 0 Å². The van der Waals surface area contributed by atoms with Gasteiger partial charge >= 0.3 is 0 Å². The Bertz CT molecular complexity index is 554. The third kappa shape index (κ3) is 4.96. The molecule has 0 spiro atoms. The second-order valence-corrected chi connectivity index (χ2v) is 5.46. The van der Waals surface area contributed by atoms with Crippen LogP contribution in [-0.2, 0) is 19.5 Å². The molecule has 0 fully saturated rings. The summed E-state index contributed by atoms with van der Waals surface area (Å²) in [5.41, 5.74) is 8.66. The van der Waals surface area contributed by atoms with Crippen molar-refractivity contribution in [3.63, 3.8) is 0 Å². The molecule has 0 aliphatic carbocycles. The van der Waals surface area contributed by atoms with Gasteiger partial charge in [0.25, 0.3) is 0 Å². The van der Waals surface area contributed by atoms with Crippen molar-refractivity contribution >= 4 is 0 Å². The maximum Gasteiger partial charge on any atom is 0.127 e. The molecule has 2 aromatic carbocycles. The summed E-state index contributed by atoms with van der Waals surface area (Å²) < 4.78 is 13.8. The van der Waals surface area contributed by atoms with Gasteiger partial charge in [0, 0.05) is 18.7 Å². The van der Waals surface area contributed by atoms with Crippen molar-refractivity contribution in [2.24, 2.45) is 5.73 Å². The lowest BCUT2D eigenvalue weighted by Gasteiger charge is -2.17. The number of hydrogen-bond donors (Lipinski definition) is 1. The van der Waals surface area contributed by atoms with E-state index in [4.69, 9.17) is 5.73 Å². The summed E-state index contributed by atoms with van der Waals surface area (Å²) in [5, 5.41) is 0. The number of nitrogens with two attached hydrogens (primary N) is 1. The van der Waals surface area contributed by atoms with Crippen LogP contribution in [0, 0.1) is 5.82 Å². The highest BCUT2D eigenvalue weighted by Gasteiger charge is 2.07. The third-order valence-corrected chi connectivity index (χ3v) is 3.63. The zero-order valence-corrected chi connectivity index (χ0v) is 12.6. The van der Waals surface area contributed by atoms with Crippen molar-refractivity contribution in [3.05, 3.63) is 71.0 Å². The van der Waals surface area contributed by atoms with Crippen LogP contribution in [0.15, 0.2) is 48.5 Å². The molecule has 2 nitrogen and oxygen atoms in total. The molecule has 0 aromatic heterocycles. The first-order chi connectivity index (χ1) is 10.2. The monoisotopic (exact) mass is 286 g/mol. The molecule has 0 saturated carbocycles. The van der Waals surface area contributed by atoms with E-state index in [1.165, 1.54) is 11.6 Å². The van der Waals surface area contributed by atoms with Crippen molar-refractivity contribution in [1.82, 2.24) is 4.90 Å². The SMILES string of the molecule is CN(CCCc1ccccc1)Cc1cc(CN)ccc1F. The fourth-order valence-electron chi connectivity index (χ4n) is 2.44. The quantitative estimate of drug-likeness (QED) is 0.846. The molecule has 2 aromatic rings. The van der Waals surface area contributed by atoms with E-state index in [0.29, 0.717) is 13.1 Å². The lowest BCUT2D eigenvalue weighted by molar-refractivity contribution is 0.317. The van der Waals surface area contributed by atoms with Crippen molar-refractivity contribution < 1.29 is 4.39 Å². The normalized spacial score (nSPS) is 11.0. The molecular weight excluding hydrogens is 263 g/mol. The van der Waals surface area contributed by atoms with Gasteiger partial charge in [-0.1, -0.05) is 42.5 Å². The van der Waals surface area contributed by atoms with Crippen molar-refractivity contribution in [1.29, 1.82) is 0 Å². The maximum atomic E-state index is 13.8. The predicted octanol–water partition coefficient (Wildman–Crippen LogP) is 3.35. The van der Waals surface area contributed by atoms with E-state index >= 15 is 0 Å². The van der Waals surface area contributed by atoms with Crippen LogP contribution in [0.25, 0.3) is 0 Å². The molecule has 0 atom stereocenters. The van der Waals surface area contributed by atoms with E-state index in [9.17, 15) is 4.39 Å². The van der Waals surface area contributed by atoms with E-state index in [0.717, 1.165) is 30.5 Å². The summed E-state index contributed by atoms with van der Waals surface area (Å²) in [6.45, 7) is 2.01. The summed E-state index contributed by atoms with van der Waals surface area (Å²) >= 11 is 0. The highest BCUT2D eigenvalue weighted by Crippen LogP contribution is 2.13. The summed E-state index contributed by atoms with van der Waals surface area (Å²) in [7, 11) is 2.03. The third-order valence-electron chi connectivity index (χ3n) is 3.63. The van der Waals surface area contributed by atoms with Crippen LogP contribution in [-0.4, -0.2) is 18.5 Å². The molecule has 0 saturated heterocycles. The number of hydrogen-bond acceptors (Lipinski definition) is 2. The molecule has 0 heterocycles. The van der Waals surface area contributed by atoms with Crippen LogP contribution in [0.5, 0.6) is 0 Å². The van der Waals surface area contributed by atoms with Gasteiger partial charge in [0.15, 0.2) is 0 Å². The Kier molecular flexibility index (Phi) is 5.90. The lowest BCUT2D eigenvalue weighted by Crippen LogP contribution is -2.20. The van der Waals surface area contributed by atoms with E-state index < -0.39 is 0 Å². The van der Waals surface area contributed by atoms with Crippen LogP contribution in [0.2, 0.25) is 0 Å². The molecule has 3 heteroatoms. The first-order valence-corrected chi connectivity index (χ1v) is 7.39. The average molecular weight is 286 g/mol. The van der Waals surface area contributed by atoms with Gasteiger partial charge in [-0.3, -0.25) is 0 Å². The second kappa shape index (κ2) is 7.91. The second-order valence-electron chi connectivity index (χ2n) is 5.46. The molecular formula is C18H23FN2. The summed E-state index contributed by atoms with van der Waals surface area (Å²) in [4.78, 5) is 2.15. The zero-order chi connectivity index (χ0) is 15.1. The smallest absolute Gasteiger partial charge is 0.127 e. The molecule has 0 amide bonds. The fraction of sp³-hybridized carbons (Fsp3) is 0.333. The van der Waals surface area contributed by atoms with Gasteiger partial charge in [0.05, 0.1) is 0 Å². The topological polar surface area (TPSA) is 29.3 Å². The number of aryl methyl sites for hydroxylation is 1. The molecule has 0 radical (unpaired) electrons. The average Bonchev–Trinajstić information content (AvgIpc) is 2.50. The Morgan fingerprint density at radius 2 is 1.81 bits per heavy atom. The molecule has 112 valence electrons. The van der Waals surface area contributed by atoms with E-state index in [2.05, 4.69) is 29.2 Å². The number of rotatable bonds is 7. The van der Waals surface area contributed by atoms with Crippen molar-refractivity contribution in [2.75, 3.05) is 13.6 Å². The Morgan fingerprint density at radius 1 is 1.05 bits per heavy atom. The highest BCUT2D eigenvalue weighted by atomic mass is 19.1. The summed E-state index contributed by atoms with van der Waals surface area (Å²) in [5.74, 6) is -0.151. The van der Waals surface area contributed by atoms with Gasteiger partial charge < -0.3 is 10.6 Å². The minimum absolute atomic E-state index is 0.151. The Balaban J connectivity index is 1.83. The van der Waals surface area contributed by atoms with Gasteiger partial charge in [-0.05, 0) is 43.6 Å². The molecule has 2 rings (SSSR count). The van der Waals surface area contributed by atoms with Gasteiger partial charge in [0.2, 0.25) is 0 Å². The molecule has 0 bridgehead atoms. The van der Waals surface area contributed by atoms with Gasteiger partial charge in [-0.2, -0.15) is 0 Å². The van der Waals surface area contributed by atoms with E-state index in [1.807, 2.05) is 19.2 Å². The summed E-state index contributed by atoms with van der Waals surface area (Å²) in [6, 6.07) is 15.6. The molecule has 0 aliphatic rings. The minimum atomic E-state index is -0.151. The first kappa shape index (κ1) is 15.7. The molecule has 0 aliphatic heterocycles. The van der Waals surface area contributed by atoms with Gasteiger partial charge in [-0.15, -0.1) is 0 Å². The van der Waals surface area contributed by atoms with Crippen LogP contribution in [0.4, 0.5) is 4.39 Å².